The summed E-state index contributed by atoms with van der Waals surface area (Å²) in [6.45, 7) is 4.20. The van der Waals surface area contributed by atoms with Crippen molar-refractivity contribution >= 4 is 33.1 Å². The minimum atomic E-state index is 0.298. The zero-order valence-electron chi connectivity index (χ0n) is 9.20. The van der Waals surface area contributed by atoms with Crippen molar-refractivity contribution in [2.24, 2.45) is 0 Å². The number of hydrogen-bond donors (Lipinski definition) is 1. The van der Waals surface area contributed by atoms with Crippen molar-refractivity contribution in [3.63, 3.8) is 0 Å². The van der Waals surface area contributed by atoms with Crippen molar-refractivity contribution in [3.05, 3.63) is 44.7 Å². The van der Waals surface area contributed by atoms with Gasteiger partial charge in [-0.1, -0.05) is 6.07 Å². The van der Waals surface area contributed by atoms with E-state index < -0.39 is 0 Å². The molecule has 1 N–H and O–H groups in total. The zero-order valence-corrected chi connectivity index (χ0v) is 11.6. The van der Waals surface area contributed by atoms with Gasteiger partial charge < -0.3 is 5.32 Å². The highest BCUT2D eigenvalue weighted by molar-refractivity contribution is 9.10. The predicted molar refractivity (Wildman–Crippen MR) is 73.0 cm³/mol. The van der Waals surface area contributed by atoms with Gasteiger partial charge in [-0.3, -0.25) is 0 Å². The van der Waals surface area contributed by atoms with Gasteiger partial charge in [-0.25, -0.2) is 4.98 Å². The second-order valence-electron chi connectivity index (χ2n) is 3.70. The van der Waals surface area contributed by atoms with Crippen LogP contribution in [0.5, 0.6) is 0 Å². The molecular formula is C12H13BrN2S. The molecule has 0 aliphatic rings. The van der Waals surface area contributed by atoms with E-state index in [1.54, 1.807) is 11.3 Å². The molecule has 2 nitrogen and oxygen atoms in total. The second-order valence-corrected chi connectivity index (χ2v) is 5.60. The molecule has 1 atom stereocenters. The average Bonchev–Trinajstić information content (AvgIpc) is 2.75. The SMILES string of the molecule is Cc1cc(Br)cnc1NC(C)c1cccs1. The Balaban J connectivity index is 2.15. The molecule has 0 amide bonds. The molecule has 2 rings (SSSR count). The third-order valence-electron chi connectivity index (χ3n) is 2.37. The standard InChI is InChI=1S/C12H13BrN2S/c1-8-6-10(13)7-14-12(8)15-9(2)11-4-3-5-16-11/h3-7,9H,1-2H3,(H,14,15). The monoisotopic (exact) mass is 296 g/mol. The molecule has 0 aromatic carbocycles. The summed E-state index contributed by atoms with van der Waals surface area (Å²) in [7, 11) is 0. The smallest absolute Gasteiger partial charge is 0.129 e. The molecule has 84 valence electrons. The van der Waals surface area contributed by atoms with Gasteiger partial charge in [0.25, 0.3) is 0 Å². The summed E-state index contributed by atoms with van der Waals surface area (Å²) in [4.78, 5) is 5.70. The molecule has 0 aliphatic carbocycles. The van der Waals surface area contributed by atoms with E-state index >= 15 is 0 Å². The number of nitrogens with one attached hydrogen (secondary N) is 1. The third kappa shape index (κ3) is 2.62. The quantitative estimate of drug-likeness (QED) is 0.909. The highest BCUT2D eigenvalue weighted by Gasteiger charge is 2.08. The fourth-order valence-corrected chi connectivity index (χ4v) is 2.69. The zero-order chi connectivity index (χ0) is 11.5. The minimum absolute atomic E-state index is 0.298. The first-order chi connectivity index (χ1) is 7.66. The Morgan fingerprint density at radius 3 is 2.94 bits per heavy atom. The first-order valence-electron chi connectivity index (χ1n) is 5.09. The van der Waals surface area contributed by atoms with Crippen molar-refractivity contribution in [1.29, 1.82) is 0 Å². The Bertz CT molecular complexity index is 468. The summed E-state index contributed by atoms with van der Waals surface area (Å²) in [6.07, 6.45) is 1.82. The molecule has 2 aromatic heterocycles. The first-order valence-corrected chi connectivity index (χ1v) is 6.76. The molecule has 0 fully saturated rings. The van der Waals surface area contributed by atoms with Crippen molar-refractivity contribution in [2.45, 2.75) is 19.9 Å². The Morgan fingerprint density at radius 2 is 2.31 bits per heavy atom. The van der Waals surface area contributed by atoms with Crippen LogP contribution < -0.4 is 5.32 Å². The number of aryl methyl sites for hydroxylation is 1. The van der Waals surface area contributed by atoms with Crippen LogP contribution in [-0.4, -0.2) is 4.98 Å². The average molecular weight is 297 g/mol. The summed E-state index contributed by atoms with van der Waals surface area (Å²) < 4.78 is 1.01. The summed E-state index contributed by atoms with van der Waals surface area (Å²) >= 11 is 5.17. The van der Waals surface area contributed by atoms with E-state index in [2.05, 4.69) is 63.7 Å². The predicted octanol–water partition coefficient (Wildman–Crippen LogP) is 4.39. The third-order valence-corrected chi connectivity index (χ3v) is 3.86. The van der Waals surface area contributed by atoms with Crippen LogP contribution in [0, 0.1) is 6.92 Å². The molecule has 1 unspecified atom stereocenters. The Labute approximate surface area is 108 Å². The molecule has 16 heavy (non-hydrogen) atoms. The molecular weight excluding hydrogens is 284 g/mol. The van der Waals surface area contributed by atoms with Gasteiger partial charge in [0, 0.05) is 15.5 Å². The fourth-order valence-electron chi connectivity index (χ4n) is 1.51. The van der Waals surface area contributed by atoms with Crippen LogP contribution in [0.15, 0.2) is 34.2 Å². The lowest BCUT2D eigenvalue weighted by Crippen LogP contribution is -2.07. The summed E-state index contributed by atoms with van der Waals surface area (Å²) in [6, 6.07) is 6.57. The fraction of sp³-hybridized carbons (Fsp3) is 0.250. The first kappa shape index (κ1) is 11.6. The number of hydrogen-bond acceptors (Lipinski definition) is 3. The molecule has 0 aliphatic heterocycles. The van der Waals surface area contributed by atoms with E-state index in [4.69, 9.17) is 0 Å². The molecule has 0 radical (unpaired) electrons. The minimum Gasteiger partial charge on any atom is -0.363 e. The molecule has 2 aromatic rings. The number of halogens is 1. The highest BCUT2D eigenvalue weighted by atomic mass is 79.9. The number of aromatic nitrogens is 1. The van der Waals surface area contributed by atoms with Gasteiger partial charge in [-0.05, 0) is 52.9 Å². The maximum atomic E-state index is 4.37. The lowest BCUT2D eigenvalue weighted by Gasteiger charge is -2.14. The van der Waals surface area contributed by atoms with Gasteiger partial charge in [0.15, 0.2) is 0 Å². The van der Waals surface area contributed by atoms with Crippen molar-refractivity contribution in [1.82, 2.24) is 4.98 Å². The van der Waals surface area contributed by atoms with Crippen LogP contribution in [0.1, 0.15) is 23.4 Å². The van der Waals surface area contributed by atoms with Gasteiger partial charge in [-0.15, -0.1) is 11.3 Å². The summed E-state index contributed by atoms with van der Waals surface area (Å²) in [5, 5.41) is 5.51. The van der Waals surface area contributed by atoms with Crippen LogP contribution in [0.25, 0.3) is 0 Å². The van der Waals surface area contributed by atoms with Crippen molar-refractivity contribution < 1.29 is 0 Å². The Kier molecular flexibility index (Phi) is 3.61. The lowest BCUT2D eigenvalue weighted by atomic mass is 10.2. The maximum absolute atomic E-state index is 4.37. The van der Waals surface area contributed by atoms with Gasteiger partial charge in [-0.2, -0.15) is 0 Å². The van der Waals surface area contributed by atoms with Crippen LogP contribution in [0.3, 0.4) is 0 Å². The Morgan fingerprint density at radius 1 is 1.50 bits per heavy atom. The maximum Gasteiger partial charge on any atom is 0.129 e. The van der Waals surface area contributed by atoms with Gasteiger partial charge in [0.05, 0.1) is 6.04 Å². The van der Waals surface area contributed by atoms with E-state index in [1.807, 2.05) is 6.20 Å². The largest absolute Gasteiger partial charge is 0.363 e. The molecule has 0 bridgehead atoms. The number of pyridine rings is 1. The summed E-state index contributed by atoms with van der Waals surface area (Å²) in [5.41, 5.74) is 1.15. The number of anilines is 1. The normalized spacial score (nSPS) is 12.4. The number of thiophene rings is 1. The van der Waals surface area contributed by atoms with E-state index in [0.717, 1.165) is 15.9 Å². The molecule has 0 saturated carbocycles. The van der Waals surface area contributed by atoms with E-state index in [-0.39, 0.29) is 0 Å². The van der Waals surface area contributed by atoms with E-state index in [9.17, 15) is 0 Å². The molecule has 4 heteroatoms. The van der Waals surface area contributed by atoms with Gasteiger partial charge >= 0.3 is 0 Å². The number of rotatable bonds is 3. The van der Waals surface area contributed by atoms with Gasteiger partial charge in [0.2, 0.25) is 0 Å². The second kappa shape index (κ2) is 4.97. The molecule has 0 spiro atoms. The van der Waals surface area contributed by atoms with Crippen molar-refractivity contribution in [2.75, 3.05) is 5.32 Å². The van der Waals surface area contributed by atoms with Crippen LogP contribution >= 0.6 is 27.3 Å². The van der Waals surface area contributed by atoms with Crippen molar-refractivity contribution in [3.8, 4) is 0 Å². The van der Waals surface area contributed by atoms with Crippen LogP contribution in [0.2, 0.25) is 0 Å². The van der Waals surface area contributed by atoms with Crippen LogP contribution in [-0.2, 0) is 0 Å². The summed E-state index contributed by atoms with van der Waals surface area (Å²) in [5.74, 6) is 0.948. The van der Waals surface area contributed by atoms with Crippen LogP contribution in [0.4, 0.5) is 5.82 Å². The van der Waals surface area contributed by atoms with E-state index in [1.165, 1.54) is 4.88 Å². The molecule has 0 saturated heterocycles. The lowest BCUT2D eigenvalue weighted by molar-refractivity contribution is 0.892. The van der Waals surface area contributed by atoms with E-state index in [0.29, 0.717) is 6.04 Å². The topological polar surface area (TPSA) is 24.9 Å². The number of nitrogens with zero attached hydrogens (tertiary/aromatic N) is 1. The van der Waals surface area contributed by atoms with Gasteiger partial charge in [0.1, 0.15) is 5.82 Å². The Hall–Kier alpha value is -0.870. The highest BCUT2D eigenvalue weighted by Crippen LogP contribution is 2.24. The molecule has 2 heterocycles.